The number of Topliss-reactive ketones (excluding diaryl/α,β-unsaturated/α-hetero) is 1. The SMILES string of the molecule is CCCCCCCCCCCC(=O)OC(CC(=O)O)(C[N+](C)(C)C)C(=O)CCCCCCCCCCC. The zero-order valence-corrected chi connectivity index (χ0v) is 25.1. The molecule has 0 fully saturated rings. The first-order valence-electron chi connectivity index (χ1n) is 15.3. The van der Waals surface area contributed by atoms with Gasteiger partial charge in [0.1, 0.15) is 6.54 Å². The number of hydrogen-bond donors (Lipinski definition) is 1. The summed E-state index contributed by atoms with van der Waals surface area (Å²) in [5.41, 5.74) is -1.60. The number of aliphatic carboxylic acids is 1. The lowest BCUT2D eigenvalue weighted by molar-refractivity contribution is -0.875. The molecule has 0 rings (SSSR count). The molecule has 218 valence electrons. The summed E-state index contributed by atoms with van der Waals surface area (Å²) in [4.78, 5) is 38.0. The van der Waals surface area contributed by atoms with Gasteiger partial charge in [-0.2, -0.15) is 0 Å². The maximum absolute atomic E-state index is 13.4. The number of carboxylic acids is 1. The highest BCUT2D eigenvalue weighted by Gasteiger charge is 2.48. The van der Waals surface area contributed by atoms with Crippen molar-refractivity contribution in [1.82, 2.24) is 0 Å². The van der Waals surface area contributed by atoms with Gasteiger partial charge >= 0.3 is 11.9 Å². The number of nitrogens with zero attached hydrogens (tertiary/aromatic N) is 1. The molecule has 0 aromatic heterocycles. The minimum atomic E-state index is -1.60. The van der Waals surface area contributed by atoms with E-state index in [1.165, 1.54) is 77.0 Å². The van der Waals surface area contributed by atoms with Crippen LogP contribution in [-0.2, 0) is 19.1 Å². The van der Waals surface area contributed by atoms with Crippen LogP contribution in [-0.4, -0.2) is 60.6 Å². The van der Waals surface area contributed by atoms with Crippen molar-refractivity contribution in [3.05, 3.63) is 0 Å². The lowest BCUT2D eigenvalue weighted by Gasteiger charge is -2.37. The quantitative estimate of drug-likeness (QED) is 0.0705. The molecule has 0 aromatic rings. The van der Waals surface area contributed by atoms with E-state index >= 15 is 0 Å². The molecule has 0 aliphatic rings. The summed E-state index contributed by atoms with van der Waals surface area (Å²) < 4.78 is 6.16. The van der Waals surface area contributed by atoms with Crippen molar-refractivity contribution in [3.63, 3.8) is 0 Å². The molecule has 1 unspecified atom stereocenters. The van der Waals surface area contributed by atoms with Crippen molar-refractivity contribution in [3.8, 4) is 0 Å². The molecule has 0 amide bonds. The molecule has 0 saturated carbocycles. The number of ketones is 1. The van der Waals surface area contributed by atoms with Crippen LogP contribution >= 0.6 is 0 Å². The van der Waals surface area contributed by atoms with Crippen LogP contribution in [0.1, 0.15) is 149 Å². The molecule has 1 atom stereocenters. The molecular weight excluding hydrogens is 466 g/mol. The van der Waals surface area contributed by atoms with Crippen molar-refractivity contribution in [2.45, 2.75) is 154 Å². The predicted octanol–water partition coefficient (Wildman–Crippen LogP) is 7.86. The Labute approximate surface area is 228 Å². The number of esters is 1. The molecule has 37 heavy (non-hydrogen) atoms. The van der Waals surface area contributed by atoms with Gasteiger partial charge in [0.25, 0.3) is 0 Å². The molecule has 0 saturated heterocycles. The normalized spacial score (nSPS) is 13.3. The number of carbonyl (C=O) groups is 3. The van der Waals surface area contributed by atoms with E-state index in [0.29, 0.717) is 17.3 Å². The molecule has 0 bridgehead atoms. The molecule has 0 heterocycles. The topological polar surface area (TPSA) is 80.7 Å². The van der Waals surface area contributed by atoms with Crippen molar-refractivity contribution in [2.24, 2.45) is 0 Å². The van der Waals surface area contributed by atoms with Gasteiger partial charge in [0, 0.05) is 12.8 Å². The van der Waals surface area contributed by atoms with E-state index in [0.717, 1.165) is 25.7 Å². The van der Waals surface area contributed by atoms with Gasteiger partial charge in [-0.3, -0.25) is 14.4 Å². The third kappa shape index (κ3) is 20.2. The number of likely N-dealkylation sites (N-methyl/N-ethyl adjacent to an activating group) is 1. The van der Waals surface area contributed by atoms with Crippen LogP contribution in [0.5, 0.6) is 0 Å². The molecule has 0 aromatic carbocycles. The van der Waals surface area contributed by atoms with Crippen LogP contribution in [0.15, 0.2) is 0 Å². The van der Waals surface area contributed by atoms with E-state index in [1.54, 1.807) is 0 Å². The van der Waals surface area contributed by atoms with Crippen LogP contribution in [0.25, 0.3) is 0 Å². The number of hydrogen-bond acceptors (Lipinski definition) is 4. The van der Waals surface area contributed by atoms with Crippen LogP contribution in [0.2, 0.25) is 0 Å². The zero-order chi connectivity index (χ0) is 28.0. The highest BCUT2D eigenvalue weighted by atomic mass is 16.6. The molecule has 6 nitrogen and oxygen atoms in total. The smallest absolute Gasteiger partial charge is 0.308 e. The minimum Gasteiger partial charge on any atom is -0.481 e. The van der Waals surface area contributed by atoms with Crippen LogP contribution in [0.3, 0.4) is 0 Å². The Balaban J connectivity index is 4.77. The van der Waals surface area contributed by atoms with Gasteiger partial charge in [-0.15, -0.1) is 0 Å². The summed E-state index contributed by atoms with van der Waals surface area (Å²) in [5.74, 6) is -1.80. The lowest BCUT2D eigenvalue weighted by atomic mass is 9.89. The average Bonchev–Trinajstić information content (AvgIpc) is 2.80. The third-order valence-electron chi connectivity index (χ3n) is 6.98. The Bertz CT molecular complexity index is 613. The fourth-order valence-electron chi connectivity index (χ4n) is 5.05. The summed E-state index contributed by atoms with van der Waals surface area (Å²) >= 11 is 0. The van der Waals surface area contributed by atoms with E-state index < -0.39 is 24.0 Å². The molecule has 6 heteroatoms. The Morgan fingerprint density at radius 3 is 1.38 bits per heavy atom. The van der Waals surface area contributed by atoms with Crippen molar-refractivity contribution < 1.29 is 28.7 Å². The molecule has 0 aliphatic carbocycles. The van der Waals surface area contributed by atoms with Crippen molar-refractivity contribution >= 4 is 17.7 Å². The van der Waals surface area contributed by atoms with E-state index in [1.807, 2.05) is 21.1 Å². The second-order valence-corrected chi connectivity index (χ2v) is 12.1. The van der Waals surface area contributed by atoms with Gasteiger partial charge < -0.3 is 14.3 Å². The first-order valence-corrected chi connectivity index (χ1v) is 15.3. The van der Waals surface area contributed by atoms with Crippen LogP contribution in [0, 0.1) is 0 Å². The van der Waals surface area contributed by atoms with Crippen LogP contribution < -0.4 is 0 Å². The van der Waals surface area contributed by atoms with E-state index in [4.69, 9.17) is 4.74 Å². The van der Waals surface area contributed by atoms with Crippen molar-refractivity contribution in [2.75, 3.05) is 27.7 Å². The Morgan fingerprint density at radius 2 is 1.00 bits per heavy atom. The maximum Gasteiger partial charge on any atom is 0.308 e. The second kappa shape index (κ2) is 21.5. The van der Waals surface area contributed by atoms with E-state index in [2.05, 4.69) is 13.8 Å². The molecule has 0 radical (unpaired) electrons. The van der Waals surface area contributed by atoms with Gasteiger partial charge in [-0.25, -0.2) is 0 Å². The molecule has 1 N–H and O–H groups in total. The number of carbonyl (C=O) groups excluding carboxylic acids is 2. The van der Waals surface area contributed by atoms with Gasteiger partial charge in [0.05, 0.1) is 27.6 Å². The Kier molecular flexibility index (Phi) is 20.7. The third-order valence-corrected chi connectivity index (χ3v) is 6.98. The largest absolute Gasteiger partial charge is 0.481 e. The summed E-state index contributed by atoms with van der Waals surface area (Å²) in [7, 11) is 5.70. The number of rotatable bonds is 26. The van der Waals surface area contributed by atoms with Crippen molar-refractivity contribution in [1.29, 1.82) is 0 Å². The average molecular weight is 527 g/mol. The van der Waals surface area contributed by atoms with Crippen LogP contribution in [0.4, 0.5) is 0 Å². The van der Waals surface area contributed by atoms with Gasteiger partial charge in [0.2, 0.25) is 5.60 Å². The molecule has 0 aliphatic heterocycles. The zero-order valence-electron chi connectivity index (χ0n) is 25.1. The van der Waals surface area contributed by atoms with E-state index in [-0.39, 0.29) is 25.2 Å². The predicted molar refractivity (Wildman–Crippen MR) is 153 cm³/mol. The number of ether oxygens (including phenoxy) is 1. The van der Waals surface area contributed by atoms with Gasteiger partial charge in [0.15, 0.2) is 5.78 Å². The summed E-state index contributed by atoms with van der Waals surface area (Å²) in [5, 5.41) is 9.64. The number of quaternary nitrogens is 1. The first-order chi connectivity index (χ1) is 17.6. The summed E-state index contributed by atoms with van der Waals surface area (Å²) in [6.07, 6.45) is 20.6. The van der Waals surface area contributed by atoms with Gasteiger partial charge in [-0.05, 0) is 12.8 Å². The van der Waals surface area contributed by atoms with Gasteiger partial charge in [-0.1, -0.05) is 117 Å². The first kappa shape index (κ1) is 35.6. The molecular formula is C31H60NO5+. The maximum atomic E-state index is 13.4. The lowest BCUT2D eigenvalue weighted by Crippen LogP contribution is -2.57. The number of carboxylic acid groups (broad SMARTS) is 1. The number of unbranched alkanes of at least 4 members (excludes halogenated alkanes) is 16. The summed E-state index contributed by atoms with van der Waals surface area (Å²) in [6.45, 7) is 4.60. The Morgan fingerprint density at radius 1 is 0.622 bits per heavy atom. The monoisotopic (exact) mass is 526 g/mol. The Hall–Kier alpha value is -1.43. The molecule has 0 spiro atoms. The van der Waals surface area contributed by atoms with E-state index in [9.17, 15) is 19.5 Å². The summed E-state index contributed by atoms with van der Waals surface area (Å²) in [6, 6.07) is 0. The standard InChI is InChI=1S/C31H59NO5/c1-6-8-10-12-14-16-18-20-22-24-28(33)31(26-29(34)35,27-32(3,4)5)37-30(36)25-23-21-19-17-15-13-11-9-7-2/h6-27H2,1-5H3/p+1. The fourth-order valence-corrected chi connectivity index (χ4v) is 5.05. The second-order valence-electron chi connectivity index (χ2n) is 12.1. The highest BCUT2D eigenvalue weighted by molar-refractivity contribution is 5.93. The fraction of sp³-hybridized carbons (Fsp3) is 0.903. The highest BCUT2D eigenvalue weighted by Crippen LogP contribution is 2.26. The minimum absolute atomic E-state index is 0.166.